The molecule has 1 aliphatic carbocycles. The molecule has 0 bridgehead atoms. The van der Waals surface area contributed by atoms with Gasteiger partial charge in [-0.25, -0.2) is 4.79 Å². The topological polar surface area (TPSA) is 75.2 Å². The van der Waals surface area contributed by atoms with Crippen LogP contribution in [0.5, 0.6) is 0 Å². The molecule has 1 heterocycles. The van der Waals surface area contributed by atoms with Crippen molar-refractivity contribution in [1.82, 2.24) is 14.5 Å². The monoisotopic (exact) mass is 333 g/mol. The zero-order valence-corrected chi connectivity index (χ0v) is 13.1. The number of amides is 1. The first-order valence-corrected chi connectivity index (χ1v) is 7.74. The van der Waals surface area contributed by atoms with Gasteiger partial charge in [0.2, 0.25) is 5.91 Å². The van der Waals surface area contributed by atoms with E-state index in [1.54, 1.807) is 17.0 Å². The number of carbonyl (C=O) groups is 1. The maximum Gasteiger partial charge on any atom is 0.328 e. The van der Waals surface area contributed by atoms with Crippen molar-refractivity contribution in [3.05, 3.63) is 68.0 Å². The van der Waals surface area contributed by atoms with Gasteiger partial charge in [0.25, 0.3) is 5.56 Å². The normalized spacial score (nSPS) is 13.8. The van der Waals surface area contributed by atoms with E-state index >= 15 is 0 Å². The molecule has 1 aromatic carbocycles. The smallest absolute Gasteiger partial charge is 0.328 e. The highest BCUT2D eigenvalue weighted by Gasteiger charge is 2.32. The minimum atomic E-state index is -0.576. The first-order chi connectivity index (χ1) is 11.0. The summed E-state index contributed by atoms with van der Waals surface area (Å²) in [5, 5.41) is 0.651. The van der Waals surface area contributed by atoms with E-state index in [0.717, 1.165) is 18.4 Å². The summed E-state index contributed by atoms with van der Waals surface area (Å²) in [6.07, 6.45) is 3.28. The Hall–Kier alpha value is -2.34. The van der Waals surface area contributed by atoms with Gasteiger partial charge in [-0.05, 0) is 30.5 Å². The highest BCUT2D eigenvalue weighted by Crippen LogP contribution is 2.28. The highest BCUT2D eigenvalue weighted by atomic mass is 35.5. The van der Waals surface area contributed by atoms with Gasteiger partial charge in [-0.1, -0.05) is 23.7 Å². The zero-order valence-electron chi connectivity index (χ0n) is 12.4. The largest absolute Gasteiger partial charge is 0.334 e. The molecule has 0 saturated heterocycles. The summed E-state index contributed by atoms with van der Waals surface area (Å²) < 4.78 is 1.21. The molecule has 3 rings (SSSR count). The molecular formula is C16H16ClN3O3. The molecule has 1 aliphatic rings. The number of benzene rings is 1. The Kier molecular flexibility index (Phi) is 4.34. The van der Waals surface area contributed by atoms with Gasteiger partial charge in [0, 0.05) is 29.9 Å². The fraction of sp³-hybridized carbons (Fsp3) is 0.312. The molecule has 7 heteroatoms. The Morgan fingerprint density at radius 1 is 1.22 bits per heavy atom. The molecule has 0 atom stereocenters. The molecule has 1 N–H and O–H groups in total. The van der Waals surface area contributed by atoms with E-state index in [2.05, 4.69) is 4.98 Å². The number of hydrogen-bond donors (Lipinski definition) is 1. The summed E-state index contributed by atoms with van der Waals surface area (Å²) in [6, 6.07) is 8.80. The van der Waals surface area contributed by atoms with Crippen LogP contribution in [0.25, 0.3) is 0 Å². The molecule has 1 amide bonds. The molecule has 2 aromatic rings. The van der Waals surface area contributed by atoms with Crippen molar-refractivity contribution in [3.8, 4) is 0 Å². The molecular weight excluding hydrogens is 318 g/mol. The summed E-state index contributed by atoms with van der Waals surface area (Å²) >= 11 is 5.88. The van der Waals surface area contributed by atoms with Crippen molar-refractivity contribution in [1.29, 1.82) is 0 Å². The molecule has 120 valence electrons. The molecule has 0 unspecified atom stereocenters. The number of aromatic amines is 1. The fourth-order valence-electron chi connectivity index (χ4n) is 2.40. The number of hydrogen-bond acceptors (Lipinski definition) is 3. The third-order valence-corrected chi connectivity index (χ3v) is 4.03. The summed E-state index contributed by atoms with van der Waals surface area (Å²) in [6.45, 7) is 0.401. The third-order valence-electron chi connectivity index (χ3n) is 3.78. The molecule has 6 nitrogen and oxygen atoms in total. The van der Waals surface area contributed by atoms with Crippen LogP contribution in [-0.2, 0) is 17.9 Å². The first kappa shape index (κ1) is 15.6. The second-order valence-electron chi connectivity index (χ2n) is 5.62. The van der Waals surface area contributed by atoms with Crippen LogP contribution < -0.4 is 11.2 Å². The Balaban J connectivity index is 1.75. The van der Waals surface area contributed by atoms with Crippen molar-refractivity contribution in [3.63, 3.8) is 0 Å². The lowest BCUT2D eigenvalue weighted by atomic mass is 10.2. The van der Waals surface area contributed by atoms with Gasteiger partial charge in [0.15, 0.2) is 0 Å². The molecule has 1 fully saturated rings. The summed E-state index contributed by atoms with van der Waals surface area (Å²) in [5.41, 5.74) is -0.0598. The van der Waals surface area contributed by atoms with Crippen LogP contribution >= 0.6 is 11.6 Å². The quantitative estimate of drug-likeness (QED) is 0.898. The van der Waals surface area contributed by atoms with Crippen molar-refractivity contribution in [2.75, 3.05) is 0 Å². The Bertz CT molecular complexity index is 821. The molecule has 23 heavy (non-hydrogen) atoms. The van der Waals surface area contributed by atoms with Crippen molar-refractivity contribution < 1.29 is 4.79 Å². The number of carbonyl (C=O) groups excluding carboxylic acids is 1. The van der Waals surface area contributed by atoms with E-state index in [-0.39, 0.29) is 18.5 Å². The van der Waals surface area contributed by atoms with Crippen molar-refractivity contribution in [2.24, 2.45) is 0 Å². The Morgan fingerprint density at radius 2 is 1.91 bits per heavy atom. The second kappa shape index (κ2) is 6.42. The fourth-order valence-corrected chi connectivity index (χ4v) is 2.52. The lowest BCUT2D eigenvalue weighted by Gasteiger charge is -2.23. The van der Waals surface area contributed by atoms with E-state index < -0.39 is 11.2 Å². The Morgan fingerprint density at radius 3 is 2.52 bits per heavy atom. The number of rotatable bonds is 5. The summed E-state index contributed by atoms with van der Waals surface area (Å²) in [4.78, 5) is 39.3. The van der Waals surface area contributed by atoms with Gasteiger partial charge in [0.1, 0.15) is 6.54 Å². The summed E-state index contributed by atoms with van der Waals surface area (Å²) in [5.74, 6) is -0.142. The van der Waals surface area contributed by atoms with Gasteiger partial charge in [-0.3, -0.25) is 19.1 Å². The molecule has 1 aromatic heterocycles. The predicted octanol–water partition coefficient (Wildman–Crippen LogP) is 1.38. The predicted molar refractivity (Wildman–Crippen MR) is 86.3 cm³/mol. The number of nitrogens with zero attached hydrogens (tertiary/aromatic N) is 2. The lowest BCUT2D eigenvalue weighted by Crippen LogP contribution is -2.39. The minimum Gasteiger partial charge on any atom is -0.334 e. The first-order valence-electron chi connectivity index (χ1n) is 7.36. The maximum atomic E-state index is 12.6. The Labute approximate surface area is 137 Å². The standard InChI is InChI=1S/C16H16ClN3O3/c17-12-3-1-11(2-4-12)9-20(13-5-6-13)15(22)10-19-8-7-14(21)18-16(19)23/h1-4,7-8,13H,5-6,9-10H2,(H,18,21,23). The van der Waals surface area contributed by atoms with Gasteiger partial charge < -0.3 is 4.90 Å². The van der Waals surface area contributed by atoms with Crippen LogP contribution in [0.4, 0.5) is 0 Å². The maximum absolute atomic E-state index is 12.6. The number of H-pyrrole nitrogens is 1. The molecule has 0 radical (unpaired) electrons. The zero-order chi connectivity index (χ0) is 16.4. The van der Waals surface area contributed by atoms with Gasteiger partial charge in [-0.2, -0.15) is 0 Å². The van der Waals surface area contributed by atoms with Crippen molar-refractivity contribution in [2.45, 2.75) is 32.0 Å². The number of halogens is 1. The second-order valence-corrected chi connectivity index (χ2v) is 6.05. The van der Waals surface area contributed by atoms with Crippen LogP contribution in [-0.4, -0.2) is 26.4 Å². The average molecular weight is 334 g/mol. The SMILES string of the molecule is O=C(Cn1ccc(=O)[nH]c1=O)N(Cc1ccc(Cl)cc1)C1CC1. The van der Waals surface area contributed by atoms with E-state index in [9.17, 15) is 14.4 Å². The minimum absolute atomic E-state index is 0.0836. The van der Waals surface area contributed by atoms with Crippen LogP contribution in [0.1, 0.15) is 18.4 Å². The van der Waals surface area contributed by atoms with Crippen LogP contribution in [0, 0.1) is 0 Å². The third kappa shape index (κ3) is 3.90. The van der Waals surface area contributed by atoms with Crippen LogP contribution in [0.2, 0.25) is 5.02 Å². The number of nitrogens with one attached hydrogen (secondary N) is 1. The van der Waals surface area contributed by atoms with Crippen LogP contribution in [0.3, 0.4) is 0 Å². The molecule has 0 aliphatic heterocycles. The van der Waals surface area contributed by atoms with Crippen molar-refractivity contribution >= 4 is 17.5 Å². The van der Waals surface area contributed by atoms with E-state index in [1.807, 2.05) is 12.1 Å². The highest BCUT2D eigenvalue weighted by molar-refractivity contribution is 6.30. The van der Waals surface area contributed by atoms with Gasteiger partial charge in [0.05, 0.1) is 0 Å². The lowest BCUT2D eigenvalue weighted by molar-refractivity contribution is -0.133. The van der Waals surface area contributed by atoms with Crippen LogP contribution in [0.15, 0.2) is 46.1 Å². The molecule has 1 saturated carbocycles. The van der Waals surface area contributed by atoms with E-state index in [1.165, 1.54) is 16.8 Å². The average Bonchev–Trinajstić information content (AvgIpc) is 3.34. The number of aromatic nitrogens is 2. The van der Waals surface area contributed by atoms with Gasteiger partial charge >= 0.3 is 5.69 Å². The summed E-state index contributed by atoms with van der Waals surface area (Å²) in [7, 11) is 0. The van der Waals surface area contributed by atoms with E-state index in [4.69, 9.17) is 11.6 Å². The molecule has 0 spiro atoms. The van der Waals surface area contributed by atoms with E-state index in [0.29, 0.717) is 11.6 Å². The van der Waals surface area contributed by atoms with Gasteiger partial charge in [-0.15, -0.1) is 0 Å².